The fourth-order valence-corrected chi connectivity index (χ4v) is 0.985. The Balaban J connectivity index is 2.49. The molecular formula is C6H6BrNO2. The van der Waals surface area contributed by atoms with E-state index in [0.717, 1.165) is 5.56 Å². The van der Waals surface area contributed by atoms with Crippen LogP contribution in [0.2, 0.25) is 0 Å². The maximum atomic E-state index is 9.83. The molecule has 0 spiro atoms. The summed E-state index contributed by atoms with van der Waals surface area (Å²) in [5, 5.41) is 2.52. The fourth-order valence-electron chi connectivity index (χ4n) is 0.598. The van der Waals surface area contributed by atoms with Crippen LogP contribution in [0.4, 0.5) is 0 Å². The zero-order valence-corrected chi connectivity index (χ0v) is 6.72. The second kappa shape index (κ2) is 3.41. The van der Waals surface area contributed by atoms with E-state index >= 15 is 0 Å². The molecule has 54 valence electrons. The molecule has 1 heterocycles. The van der Waals surface area contributed by atoms with Crippen LogP contribution < -0.4 is 5.32 Å². The molecule has 0 aromatic carbocycles. The second-order valence-electron chi connectivity index (χ2n) is 1.76. The average molecular weight is 204 g/mol. The van der Waals surface area contributed by atoms with E-state index in [4.69, 9.17) is 4.42 Å². The van der Waals surface area contributed by atoms with Gasteiger partial charge in [0.15, 0.2) is 4.67 Å². The quantitative estimate of drug-likeness (QED) is 0.753. The van der Waals surface area contributed by atoms with Gasteiger partial charge in [0.25, 0.3) is 0 Å². The number of carbonyl (C=O) groups is 1. The molecule has 0 atom stereocenters. The van der Waals surface area contributed by atoms with Crippen LogP contribution in [0, 0.1) is 0 Å². The third-order valence-electron chi connectivity index (χ3n) is 1.01. The molecule has 4 heteroatoms. The normalized spacial score (nSPS) is 9.30. The Morgan fingerprint density at radius 1 is 1.80 bits per heavy atom. The lowest BCUT2D eigenvalue weighted by Crippen LogP contribution is -2.08. The third-order valence-corrected chi connectivity index (χ3v) is 1.43. The van der Waals surface area contributed by atoms with Crippen LogP contribution >= 0.6 is 15.9 Å². The molecule has 0 radical (unpaired) electrons. The molecule has 1 aromatic heterocycles. The van der Waals surface area contributed by atoms with Gasteiger partial charge in [0.2, 0.25) is 6.41 Å². The van der Waals surface area contributed by atoms with Crippen LogP contribution in [0.25, 0.3) is 0 Å². The minimum Gasteiger partial charge on any atom is -0.457 e. The highest BCUT2D eigenvalue weighted by Gasteiger charge is 1.95. The largest absolute Gasteiger partial charge is 0.457 e. The Hall–Kier alpha value is -0.770. The number of nitrogens with one attached hydrogen (secondary N) is 1. The Morgan fingerprint density at radius 2 is 2.60 bits per heavy atom. The molecular weight excluding hydrogens is 198 g/mol. The van der Waals surface area contributed by atoms with Gasteiger partial charge in [-0.1, -0.05) is 0 Å². The molecule has 0 saturated heterocycles. The maximum Gasteiger partial charge on any atom is 0.207 e. The summed E-state index contributed by atoms with van der Waals surface area (Å²) in [7, 11) is 0. The van der Waals surface area contributed by atoms with Crippen molar-refractivity contribution in [3.05, 3.63) is 22.6 Å². The summed E-state index contributed by atoms with van der Waals surface area (Å²) in [4.78, 5) is 9.83. The van der Waals surface area contributed by atoms with Crippen LogP contribution in [0.3, 0.4) is 0 Å². The number of rotatable bonds is 3. The summed E-state index contributed by atoms with van der Waals surface area (Å²) in [5.74, 6) is 0. The van der Waals surface area contributed by atoms with E-state index < -0.39 is 0 Å². The van der Waals surface area contributed by atoms with Crippen LogP contribution in [0.5, 0.6) is 0 Å². The van der Waals surface area contributed by atoms with Crippen molar-refractivity contribution in [2.24, 2.45) is 0 Å². The van der Waals surface area contributed by atoms with Crippen LogP contribution in [-0.4, -0.2) is 6.41 Å². The Kier molecular flexibility index (Phi) is 2.50. The molecule has 0 aliphatic heterocycles. The van der Waals surface area contributed by atoms with Gasteiger partial charge in [0.05, 0.1) is 6.26 Å². The van der Waals surface area contributed by atoms with Crippen molar-refractivity contribution >= 4 is 22.3 Å². The molecule has 0 bridgehead atoms. The van der Waals surface area contributed by atoms with Crippen molar-refractivity contribution in [3.8, 4) is 0 Å². The summed E-state index contributed by atoms with van der Waals surface area (Å²) in [6, 6.07) is 1.80. The third kappa shape index (κ3) is 1.88. The van der Waals surface area contributed by atoms with Crippen molar-refractivity contribution in [2.45, 2.75) is 6.54 Å². The standard InChI is InChI=1S/C6H6BrNO2/c7-6-1-5(3-10-6)2-8-4-9/h1,3-4H,2H2,(H,8,9). The molecule has 0 aliphatic carbocycles. The van der Waals surface area contributed by atoms with Crippen LogP contribution in [-0.2, 0) is 11.3 Å². The van der Waals surface area contributed by atoms with Crippen molar-refractivity contribution in [1.29, 1.82) is 0 Å². The highest BCUT2D eigenvalue weighted by Crippen LogP contribution is 2.13. The Morgan fingerprint density at radius 3 is 3.10 bits per heavy atom. The topological polar surface area (TPSA) is 42.2 Å². The summed E-state index contributed by atoms with van der Waals surface area (Å²) in [5.41, 5.74) is 0.943. The van der Waals surface area contributed by atoms with E-state index in [1.165, 1.54) is 0 Å². The lowest BCUT2D eigenvalue weighted by Gasteiger charge is -1.89. The first-order valence-corrected chi connectivity index (χ1v) is 3.52. The van der Waals surface area contributed by atoms with Crippen molar-refractivity contribution in [3.63, 3.8) is 0 Å². The van der Waals surface area contributed by atoms with E-state index in [1.807, 2.05) is 0 Å². The van der Waals surface area contributed by atoms with E-state index in [-0.39, 0.29) is 0 Å². The number of hydrogen-bond donors (Lipinski definition) is 1. The van der Waals surface area contributed by atoms with Gasteiger partial charge in [0, 0.05) is 12.1 Å². The first-order chi connectivity index (χ1) is 4.83. The molecule has 0 aliphatic rings. The van der Waals surface area contributed by atoms with E-state index in [0.29, 0.717) is 17.6 Å². The summed E-state index contributed by atoms with van der Waals surface area (Å²) in [6.45, 7) is 0.512. The van der Waals surface area contributed by atoms with Gasteiger partial charge >= 0.3 is 0 Å². The minimum atomic E-state index is 0.512. The number of amides is 1. The minimum absolute atomic E-state index is 0.512. The molecule has 0 fully saturated rings. The number of furan rings is 1. The number of hydrogen-bond acceptors (Lipinski definition) is 2. The van der Waals surface area contributed by atoms with Crippen molar-refractivity contribution < 1.29 is 9.21 Å². The summed E-state index contributed by atoms with van der Waals surface area (Å²) >= 11 is 3.14. The Bertz CT molecular complexity index is 221. The highest BCUT2D eigenvalue weighted by atomic mass is 79.9. The van der Waals surface area contributed by atoms with E-state index in [9.17, 15) is 4.79 Å². The van der Waals surface area contributed by atoms with E-state index in [2.05, 4.69) is 21.2 Å². The van der Waals surface area contributed by atoms with Crippen molar-refractivity contribution in [1.82, 2.24) is 5.32 Å². The predicted molar refractivity (Wildman–Crippen MR) is 39.3 cm³/mol. The van der Waals surface area contributed by atoms with E-state index in [1.54, 1.807) is 12.3 Å². The summed E-state index contributed by atoms with van der Waals surface area (Å²) in [6.07, 6.45) is 2.24. The van der Waals surface area contributed by atoms with Gasteiger partial charge in [-0.25, -0.2) is 0 Å². The predicted octanol–water partition coefficient (Wildman–Crippen LogP) is 1.29. The van der Waals surface area contributed by atoms with Crippen molar-refractivity contribution in [2.75, 3.05) is 0 Å². The van der Waals surface area contributed by atoms with Gasteiger partial charge < -0.3 is 9.73 Å². The van der Waals surface area contributed by atoms with Crippen LogP contribution in [0.15, 0.2) is 21.4 Å². The molecule has 1 aromatic rings. The second-order valence-corrected chi connectivity index (χ2v) is 2.54. The van der Waals surface area contributed by atoms with Gasteiger partial charge in [0.1, 0.15) is 0 Å². The molecule has 1 amide bonds. The maximum absolute atomic E-state index is 9.83. The molecule has 10 heavy (non-hydrogen) atoms. The zero-order valence-electron chi connectivity index (χ0n) is 5.13. The molecule has 0 unspecified atom stereocenters. The highest BCUT2D eigenvalue weighted by molar-refractivity contribution is 9.10. The monoisotopic (exact) mass is 203 g/mol. The first-order valence-electron chi connectivity index (χ1n) is 2.73. The number of carbonyl (C=O) groups excluding carboxylic acids is 1. The van der Waals surface area contributed by atoms with Gasteiger partial charge in [-0.2, -0.15) is 0 Å². The van der Waals surface area contributed by atoms with Gasteiger partial charge in [-0.15, -0.1) is 0 Å². The SMILES string of the molecule is O=CNCc1coc(Br)c1. The lowest BCUT2D eigenvalue weighted by molar-refractivity contribution is -0.109. The molecule has 0 saturated carbocycles. The Labute approximate surface area is 66.5 Å². The smallest absolute Gasteiger partial charge is 0.207 e. The lowest BCUT2D eigenvalue weighted by atomic mass is 10.3. The molecule has 1 rings (SSSR count). The fraction of sp³-hybridized carbons (Fsp3) is 0.167. The number of halogens is 1. The molecule has 1 N–H and O–H groups in total. The molecule has 3 nitrogen and oxygen atoms in total. The van der Waals surface area contributed by atoms with Gasteiger partial charge in [-0.05, 0) is 22.0 Å². The van der Waals surface area contributed by atoms with Gasteiger partial charge in [-0.3, -0.25) is 4.79 Å². The zero-order chi connectivity index (χ0) is 7.40. The average Bonchev–Trinajstić information content (AvgIpc) is 2.31. The summed E-state index contributed by atoms with van der Waals surface area (Å²) < 4.78 is 5.60. The first kappa shape index (κ1) is 7.34. The van der Waals surface area contributed by atoms with Crippen LogP contribution in [0.1, 0.15) is 5.56 Å².